The van der Waals surface area contributed by atoms with Gasteiger partial charge in [-0.1, -0.05) is 24.3 Å². The lowest BCUT2D eigenvalue weighted by Crippen LogP contribution is -2.48. The van der Waals surface area contributed by atoms with Crippen LogP contribution in [-0.2, 0) is 0 Å². The molecule has 1 N–H and O–H groups in total. The Morgan fingerprint density at radius 3 is 2.13 bits per heavy atom. The lowest BCUT2D eigenvalue weighted by atomic mass is 10.2. The van der Waals surface area contributed by atoms with Crippen LogP contribution >= 0.6 is 0 Å². The number of fused-ring (bicyclic) bond motifs is 1. The van der Waals surface area contributed by atoms with Gasteiger partial charge in [0.1, 0.15) is 0 Å². The van der Waals surface area contributed by atoms with Crippen molar-refractivity contribution in [3.8, 4) is 0 Å². The van der Waals surface area contributed by atoms with E-state index in [4.69, 9.17) is 0 Å². The summed E-state index contributed by atoms with van der Waals surface area (Å²) in [5.74, 6) is 0. The summed E-state index contributed by atoms with van der Waals surface area (Å²) >= 11 is 0. The lowest BCUT2D eigenvalue weighted by molar-refractivity contribution is 0.493. The topological polar surface area (TPSA) is 20.2 Å². The molecule has 0 unspecified atom stereocenters. The molecule has 3 heteroatoms. The molecular formula is C12H15N3. The van der Waals surface area contributed by atoms with Crippen molar-refractivity contribution in [2.75, 3.05) is 31.2 Å². The maximum atomic E-state index is 3.36. The number of hydrogen-bond donors (Lipinski definition) is 1. The van der Waals surface area contributed by atoms with Crippen molar-refractivity contribution in [2.45, 2.75) is 0 Å². The summed E-state index contributed by atoms with van der Waals surface area (Å²) in [5, 5.41) is 8.37. The van der Waals surface area contributed by atoms with Gasteiger partial charge in [-0.15, -0.1) is 0 Å². The normalized spacial score (nSPS) is 17.2. The van der Waals surface area contributed by atoms with Gasteiger partial charge in [0.2, 0.25) is 0 Å². The second kappa shape index (κ2) is 3.59. The van der Waals surface area contributed by atoms with Gasteiger partial charge >= 0.3 is 0 Å². The Kier molecular flexibility index (Phi) is 2.10. The molecule has 0 saturated carbocycles. The van der Waals surface area contributed by atoms with E-state index in [1.165, 1.54) is 10.8 Å². The summed E-state index contributed by atoms with van der Waals surface area (Å²) in [4.78, 5) is 0. The van der Waals surface area contributed by atoms with Crippen LogP contribution in [-0.4, -0.2) is 30.9 Å². The van der Waals surface area contributed by atoms with E-state index in [9.17, 15) is 0 Å². The minimum absolute atomic E-state index is 1.08. The molecule has 1 aliphatic heterocycles. The van der Waals surface area contributed by atoms with Gasteiger partial charge in [0, 0.05) is 49.3 Å². The molecule has 0 amide bonds. The molecule has 0 aliphatic carbocycles. The molecule has 1 fully saturated rings. The van der Waals surface area contributed by atoms with Crippen LogP contribution in [0.5, 0.6) is 0 Å². The molecule has 2 aromatic rings. The van der Waals surface area contributed by atoms with Crippen molar-refractivity contribution >= 4 is 10.8 Å². The Morgan fingerprint density at radius 1 is 0.933 bits per heavy atom. The minimum Gasteiger partial charge on any atom is -0.313 e. The van der Waals surface area contributed by atoms with Gasteiger partial charge in [0.15, 0.2) is 0 Å². The van der Waals surface area contributed by atoms with Gasteiger partial charge in [-0.2, -0.15) is 0 Å². The third-order valence-electron chi connectivity index (χ3n) is 2.96. The van der Waals surface area contributed by atoms with Crippen LogP contribution in [0, 0.1) is 0 Å². The Bertz CT molecular complexity index is 422. The second-order valence-corrected chi connectivity index (χ2v) is 3.97. The number of rotatable bonds is 1. The SMILES string of the molecule is c1ccc2cn(N3CCNCC3)cc2c1. The molecule has 0 spiro atoms. The quantitative estimate of drug-likeness (QED) is 0.747. The molecule has 2 heterocycles. The minimum atomic E-state index is 1.08. The summed E-state index contributed by atoms with van der Waals surface area (Å²) in [5.41, 5.74) is 0. The first-order valence-corrected chi connectivity index (χ1v) is 5.46. The fraction of sp³-hybridized carbons (Fsp3) is 0.333. The highest BCUT2D eigenvalue weighted by Crippen LogP contribution is 2.14. The first-order chi connectivity index (χ1) is 7.43. The Labute approximate surface area is 89.3 Å². The molecule has 1 aromatic carbocycles. The Balaban J connectivity index is 1.96. The van der Waals surface area contributed by atoms with Crippen LogP contribution in [0.1, 0.15) is 0 Å². The number of hydrogen-bond acceptors (Lipinski definition) is 2. The van der Waals surface area contributed by atoms with Crippen LogP contribution in [0.15, 0.2) is 36.7 Å². The molecule has 78 valence electrons. The number of piperazine rings is 1. The first kappa shape index (κ1) is 8.80. The third kappa shape index (κ3) is 1.59. The molecule has 1 aromatic heterocycles. The summed E-state index contributed by atoms with van der Waals surface area (Å²) in [6.07, 6.45) is 4.42. The van der Waals surface area contributed by atoms with Crippen molar-refractivity contribution in [1.29, 1.82) is 0 Å². The maximum Gasteiger partial charge on any atom is 0.0469 e. The highest BCUT2D eigenvalue weighted by Gasteiger charge is 2.09. The van der Waals surface area contributed by atoms with Crippen LogP contribution in [0.3, 0.4) is 0 Å². The lowest BCUT2D eigenvalue weighted by Gasteiger charge is -2.30. The number of aromatic nitrogens is 1. The van der Waals surface area contributed by atoms with Gasteiger partial charge < -0.3 is 10.3 Å². The van der Waals surface area contributed by atoms with E-state index >= 15 is 0 Å². The largest absolute Gasteiger partial charge is 0.313 e. The highest BCUT2D eigenvalue weighted by atomic mass is 15.5. The van der Waals surface area contributed by atoms with E-state index in [0.29, 0.717) is 0 Å². The van der Waals surface area contributed by atoms with E-state index in [-0.39, 0.29) is 0 Å². The van der Waals surface area contributed by atoms with Gasteiger partial charge in [0.25, 0.3) is 0 Å². The Morgan fingerprint density at radius 2 is 1.53 bits per heavy atom. The predicted molar refractivity (Wildman–Crippen MR) is 62.8 cm³/mol. The van der Waals surface area contributed by atoms with Crippen molar-refractivity contribution in [1.82, 2.24) is 9.99 Å². The van der Waals surface area contributed by atoms with Crippen LogP contribution in [0.4, 0.5) is 0 Å². The summed E-state index contributed by atoms with van der Waals surface area (Å²) in [7, 11) is 0. The average Bonchev–Trinajstić information content (AvgIpc) is 2.74. The van der Waals surface area contributed by atoms with Crippen molar-refractivity contribution in [3.63, 3.8) is 0 Å². The fourth-order valence-electron chi connectivity index (χ4n) is 2.12. The molecule has 0 atom stereocenters. The molecular weight excluding hydrogens is 186 g/mol. The molecule has 1 aliphatic rings. The number of nitrogens with zero attached hydrogens (tertiary/aromatic N) is 2. The summed E-state index contributed by atoms with van der Waals surface area (Å²) < 4.78 is 2.23. The first-order valence-electron chi connectivity index (χ1n) is 5.46. The molecule has 0 radical (unpaired) electrons. The van der Waals surface area contributed by atoms with E-state index in [0.717, 1.165) is 26.2 Å². The van der Waals surface area contributed by atoms with Gasteiger partial charge in [0.05, 0.1) is 0 Å². The zero-order valence-corrected chi connectivity index (χ0v) is 8.69. The van der Waals surface area contributed by atoms with E-state index in [1.54, 1.807) is 0 Å². The second-order valence-electron chi connectivity index (χ2n) is 3.97. The van der Waals surface area contributed by atoms with Gasteiger partial charge in [-0.05, 0) is 0 Å². The van der Waals surface area contributed by atoms with Crippen LogP contribution in [0.2, 0.25) is 0 Å². The zero-order valence-electron chi connectivity index (χ0n) is 8.69. The average molecular weight is 201 g/mol. The van der Waals surface area contributed by atoms with Crippen LogP contribution < -0.4 is 10.3 Å². The molecule has 3 nitrogen and oxygen atoms in total. The van der Waals surface area contributed by atoms with Crippen molar-refractivity contribution in [2.24, 2.45) is 0 Å². The van der Waals surface area contributed by atoms with E-state index < -0.39 is 0 Å². The van der Waals surface area contributed by atoms with E-state index in [2.05, 4.69) is 51.7 Å². The fourth-order valence-corrected chi connectivity index (χ4v) is 2.12. The maximum absolute atomic E-state index is 3.36. The molecule has 1 saturated heterocycles. The molecule has 0 bridgehead atoms. The van der Waals surface area contributed by atoms with E-state index in [1.807, 2.05) is 0 Å². The van der Waals surface area contributed by atoms with Gasteiger partial charge in [-0.25, -0.2) is 0 Å². The van der Waals surface area contributed by atoms with Crippen molar-refractivity contribution < 1.29 is 0 Å². The van der Waals surface area contributed by atoms with Gasteiger partial charge in [-0.3, -0.25) is 4.68 Å². The van der Waals surface area contributed by atoms with Crippen LogP contribution in [0.25, 0.3) is 10.8 Å². The monoisotopic (exact) mass is 201 g/mol. The molecule has 3 rings (SSSR count). The Hall–Kier alpha value is -1.48. The number of nitrogens with one attached hydrogen (secondary N) is 1. The standard InChI is InChI=1S/C12H15N3/c1-2-4-12-10-15(9-11(12)3-1)14-7-5-13-6-8-14/h1-4,9-10,13H,5-8H2. The third-order valence-corrected chi connectivity index (χ3v) is 2.96. The highest BCUT2D eigenvalue weighted by molar-refractivity contribution is 5.82. The molecule has 15 heavy (non-hydrogen) atoms. The zero-order chi connectivity index (χ0) is 10.1. The summed E-state index contributed by atoms with van der Waals surface area (Å²) in [6.45, 7) is 4.32. The summed E-state index contributed by atoms with van der Waals surface area (Å²) in [6, 6.07) is 8.50. The predicted octanol–water partition coefficient (Wildman–Crippen LogP) is 1.18. The number of benzene rings is 1. The van der Waals surface area contributed by atoms with Crippen molar-refractivity contribution in [3.05, 3.63) is 36.7 Å². The smallest absolute Gasteiger partial charge is 0.0469 e.